The standard InChI is InChI=1S/C47H53N5O8Si/c1-31-45(61(4,5)35-21-19-34(57-2)20-22-35)42(24-26-50-28-38(48-49-50)36(29-53)32-13-7-6-8-14-32)60-47(31)37-27-33(52-40-15-9-10-16-41(40)59-30-43(52)54)18-23-39(37)51(46(47)56)25-12-11-17-44(55)58-3/h6-10,13-16,18-23,27-28,31,36,42,45,53H,11-12,17,24-26,29-30H2,1-5H3/t31-,36?,42+,45-,47+/m0/s1. The fourth-order valence-corrected chi connectivity index (χ4v) is 13.9. The van der Waals surface area contributed by atoms with Gasteiger partial charge in [0.25, 0.3) is 11.8 Å². The van der Waals surface area contributed by atoms with Crippen molar-refractivity contribution in [2.75, 3.05) is 43.8 Å². The smallest absolute Gasteiger partial charge is 0.305 e. The molecule has 1 fully saturated rings. The molecule has 0 radical (unpaired) electrons. The topological polar surface area (TPSA) is 146 Å². The first-order chi connectivity index (χ1) is 29.5. The summed E-state index contributed by atoms with van der Waals surface area (Å²) in [5.74, 6) is 0.0977. The summed E-state index contributed by atoms with van der Waals surface area (Å²) in [5, 5.41) is 20.6. The summed E-state index contributed by atoms with van der Waals surface area (Å²) in [4.78, 5) is 44.6. The maximum Gasteiger partial charge on any atom is 0.305 e. The monoisotopic (exact) mass is 843 g/mol. The molecular weight excluding hydrogens is 791 g/mol. The van der Waals surface area contributed by atoms with Gasteiger partial charge in [-0.3, -0.25) is 24.0 Å². The van der Waals surface area contributed by atoms with Gasteiger partial charge in [-0.05, 0) is 72.8 Å². The molecule has 61 heavy (non-hydrogen) atoms. The SMILES string of the molecule is COC(=O)CCCCN1C(=O)[C@]2(O[C@H](CCn3cc(C(CO)c4ccccc4)nn3)[C@@H]([Si](C)(C)c3ccc(OC)cc3)[C@@H]2C)c2cc(N3C(=O)COc4ccccc43)ccc21. The Morgan fingerprint density at radius 3 is 2.44 bits per heavy atom. The van der Waals surface area contributed by atoms with Crippen LogP contribution in [-0.2, 0) is 36.0 Å². The number of esters is 1. The van der Waals surface area contributed by atoms with Gasteiger partial charge in [-0.15, -0.1) is 5.10 Å². The third-order valence-corrected chi connectivity index (χ3v) is 17.3. The average molecular weight is 844 g/mol. The van der Waals surface area contributed by atoms with Crippen molar-refractivity contribution in [2.45, 2.75) is 75.4 Å². The zero-order valence-corrected chi connectivity index (χ0v) is 36.3. The highest BCUT2D eigenvalue weighted by molar-refractivity contribution is 6.91. The van der Waals surface area contributed by atoms with Crippen molar-refractivity contribution < 1.29 is 38.4 Å². The van der Waals surface area contributed by atoms with Crippen molar-refractivity contribution in [3.8, 4) is 11.5 Å². The van der Waals surface area contributed by atoms with Crippen LogP contribution in [0.1, 0.15) is 55.3 Å². The highest BCUT2D eigenvalue weighted by Gasteiger charge is 2.66. The van der Waals surface area contributed by atoms with Gasteiger partial charge in [0.15, 0.2) is 12.2 Å². The number of aliphatic hydroxyl groups excluding tert-OH is 1. The summed E-state index contributed by atoms with van der Waals surface area (Å²) in [5.41, 5.74) is 2.89. The Balaban J connectivity index is 1.20. The molecular formula is C47H53N5O8Si. The number of carbonyl (C=O) groups excluding carboxylic acids is 3. The Kier molecular flexibility index (Phi) is 11.9. The number of benzene rings is 4. The minimum Gasteiger partial charge on any atom is -0.497 e. The molecule has 4 aromatic carbocycles. The van der Waals surface area contributed by atoms with Crippen molar-refractivity contribution in [2.24, 2.45) is 5.92 Å². The van der Waals surface area contributed by atoms with Crippen LogP contribution in [0.5, 0.6) is 11.5 Å². The van der Waals surface area contributed by atoms with Crippen molar-refractivity contribution >= 4 is 48.1 Å². The number of aliphatic hydroxyl groups is 1. The van der Waals surface area contributed by atoms with Crippen LogP contribution in [0.25, 0.3) is 0 Å². The number of amides is 2. The van der Waals surface area contributed by atoms with Gasteiger partial charge in [-0.1, -0.05) is 85.0 Å². The van der Waals surface area contributed by atoms with Crippen LogP contribution >= 0.6 is 0 Å². The number of anilines is 3. The lowest BCUT2D eigenvalue weighted by molar-refractivity contribution is -0.146. The van der Waals surface area contributed by atoms with E-state index in [9.17, 15) is 14.7 Å². The van der Waals surface area contributed by atoms with E-state index in [0.717, 1.165) is 22.6 Å². The number of ether oxygens (including phenoxy) is 4. The number of unbranched alkanes of at least 4 members (excludes halogenated alkanes) is 1. The molecule has 0 aliphatic carbocycles. The second kappa shape index (κ2) is 17.3. The summed E-state index contributed by atoms with van der Waals surface area (Å²) in [6, 6.07) is 31.2. The third kappa shape index (κ3) is 7.61. The molecule has 4 heterocycles. The zero-order valence-electron chi connectivity index (χ0n) is 35.3. The largest absolute Gasteiger partial charge is 0.497 e. The molecule has 3 aliphatic heterocycles. The van der Waals surface area contributed by atoms with E-state index >= 15 is 4.79 Å². The van der Waals surface area contributed by atoms with E-state index in [2.05, 4.69) is 42.5 Å². The second-order valence-electron chi connectivity index (χ2n) is 16.7. The quantitative estimate of drug-likeness (QED) is 0.0708. The molecule has 1 N–H and O–H groups in total. The predicted octanol–water partition coefficient (Wildman–Crippen LogP) is 6.46. The lowest BCUT2D eigenvalue weighted by Gasteiger charge is -2.37. The van der Waals surface area contributed by atoms with E-state index in [4.69, 9.17) is 18.9 Å². The lowest BCUT2D eigenvalue weighted by atomic mass is 9.82. The van der Waals surface area contributed by atoms with E-state index in [-0.39, 0.29) is 60.9 Å². The number of hydrogen-bond acceptors (Lipinski definition) is 10. The van der Waals surface area contributed by atoms with Crippen molar-refractivity contribution in [1.82, 2.24) is 15.0 Å². The summed E-state index contributed by atoms with van der Waals surface area (Å²) in [6.07, 6.45) is 3.43. The Hall–Kier alpha value is -5.83. The number of hydrogen-bond donors (Lipinski definition) is 1. The minimum absolute atomic E-state index is 0.0520. The Bertz CT molecular complexity index is 2390. The van der Waals surface area contributed by atoms with E-state index in [0.29, 0.717) is 55.2 Å². The van der Waals surface area contributed by atoms with Gasteiger partial charge in [-0.2, -0.15) is 0 Å². The normalized spacial score (nSPS) is 21.3. The molecule has 1 spiro atoms. The van der Waals surface area contributed by atoms with Crippen molar-refractivity contribution in [1.29, 1.82) is 0 Å². The van der Waals surface area contributed by atoms with Gasteiger partial charge >= 0.3 is 5.97 Å². The van der Waals surface area contributed by atoms with E-state index in [1.807, 2.05) is 96.0 Å². The number of rotatable bonds is 15. The molecule has 13 nitrogen and oxygen atoms in total. The van der Waals surface area contributed by atoms with E-state index in [1.54, 1.807) is 16.7 Å². The molecule has 1 saturated heterocycles. The number of aromatic nitrogens is 3. The Morgan fingerprint density at radius 2 is 1.70 bits per heavy atom. The third-order valence-electron chi connectivity index (χ3n) is 13.0. The minimum atomic E-state index is -2.49. The van der Waals surface area contributed by atoms with Gasteiger partial charge in [0, 0.05) is 42.9 Å². The molecule has 0 saturated carbocycles. The van der Waals surface area contributed by atoms with Crippen molar-refractivity contribution in [3.63, 3.8) is 0 Å². The number of fused-ring (bicyclic) bond motifs is 3. The molecule has 318 valence electrons. The average Bonchev–Trinajstić information content (AvgIpc) is 3.94. The first kappa shape index (κ1) is 41.9. The molecule has 5 atom stereocenters. The van der Waals surface area contributed by atoms with Gasteiger partial charge in [0.2, 0.25) is 0 Å². The predicted molar refractivity (Wildman–Crippen MR) is 233 cm³/mol. The zero-order chi connectivity index (χ0) is 42.9. The first-order valence-electron chi connectivity index (χ1n) is 21.0. The number of carbonyl (C=O) groups is 3. The van der Waals surface area contributed by atoms with Crippen LogP contribution in [0.3, 0.4) is 0 Å². The number of methoxy groups -OCH3 is 2. The molecule has 14 heteroatoms. The lowest BCUT2D eigenvalue weighted by Crippen LogP contribution is -2.52. The molecule has 2 amide bonds. The highest BCUT2D eigenvalue weighted by atomic mass is 28.3. The van der Waals surface area contributed by atoms with Gasteiger partial charge < -0.3 is 29.0 Å². The Labute approximate surface area is 357 Å². The van der Waals surface area contributed by atoms with Crippen LogP contribution in [0.2, 0.25) is 18.6 Å². The maximum atomic E-state index is 15.4. The van der Waals surface area contributed by atoms with Gasteiger partial charge in [0.05, 0.1) is 58.0 Å². The number of aryl methyl sites for hydroxylation is 1. The van der Waals surface area contributed by atoms with E-state index in [1.165, 1.54) is 12.3 Å². The number of para-hydroxylation sites is 2. The highest BCUT2D eigenvalue weighted by Crippen LogP contribution is 2.60. The Morgan fingerprint density at radius 1 is 0.951 bits per heavy atom. The fraction of sp³-hybridized carbons (Fsp3) is 0.383. The second-order valence-corrected chi connectivity index (χ2v) is 21.4. The van der Waals surface area contributed by atoms with Crippen LogP contribution < -0.4 is 24.5 Å². The molecule has 5 aromatic rings. The first-order valence-corrected chi connectivity index (χ1v) is 24.1. The van der Waals surface area contributed by atoms with Crippen LogP contribution in [0, 0.1) is 5.92 Å². The van der Waals surface area contributed by atoms with Crippen LogP contribution in [-0.4, -0.2) is 86.0 Å². The van der Waals surface area contributed by atoms with Gasteiger partial charge in [-0.25, -0.2) is 0 Å². The van der Waals surface area contributed by atoms with Crippen LogP contribution in [0.4, 0.5) is 17.1 Å². The molecule has 0 bridgehead atoms. The molecule has 8 rings (SSSR count). The summed E-state index contributed by atoms with van der Waals surface area (Å²) < 4.78 is 25.5. The van der Waals surface area contributed by atoms with E-state index < -0.39 is 13.7 Å². The molecule has 1 unspecified atom stereocenters. The molecule has 1 aromatic heterocycles. The molecule has 3 aliphatic rings. The number of nitrogens with zero attached hydrogens (tertiary/aromatic N) is 5. The summed E-state index contributed by atoms with van der Waals surface area (Å²) in [6.45, 7) is 7.45. The van der Waals surface area contributed by atoms with Crippen molar-refractivity contribution in [3.05, 3.63) is 120 Å². The van der Waals surface area contributed by atoms with Crippen LogP contribution in [0.15, 0.2) is 103 Å². The van der Waals surface area contributed by atoms with Gasteiger partial charge in [0.1, 0.15) is 11.5 Å². The fourth-order valence-electron chi connectivity index (χ4n) is 9.86. The maximum absolute atomic E-state index is 15.4. The summed E-state index contributed by atoms with van der Waals surface area (Å²) in [7, 11) is 0.544. The summed E-state index contributed by atoms with van der Waals surface area (Å²) >= 11 is 0.